The van der Waals surface area contributed by atoms with Crippen LogP contribution in [0, 0.1) is 6.07 Å². The lowest BCUT2D eigenvalue weighted by Crippen LogP contribution is -1.78. The zero-order valence-corrected chi connectivity index (χ0v) is 7.55. The summed E-state index contributed by atoms with van der Waals surface area (Å²) in [5, 5.41) is 0.965. The fraction of sp³-hybridized carbons (Fsp3) is 0.286. The van der Waals surface area contributed by atoms with Gasteiger partial charge in [0.2, 0.25) is 0 Å². The predicted octanol–water partition coefficient (Wildman–Crippen LogP) is 2.33. The maximum absolute atomic E-state index is 4.10. The fourth-order valence-corrected chi connectivity index (χ4v) is 1.41. The molecule has 1 rings (SSSR count). The van der Waals surface area contributed by atoms with Gasteiger partial charge in [0, 0.05) is 17.2 Å². The number of pyridine rings is 1. The first kappa shape index (κ1) is 7.95. The van der Waals surface area contributed by atoms with Gasteiger partial charge in [-0.1, -0.05) is 0 Å². The van der Waals surface area contributed by atoms with Crippen LogP contribution in [0.25, 0.3) is 0 Å². The van der Waals surface area contributed by atoms with E-state index in [1.165, 1.54) is 0 Å². The molecular formula is C7H8NS2. The Morgan fingerprint density at radius 3 is 2.80 bits per heavy atom. The van der Waals surface area contributed by atoms with Crippen LogP contribution in [0.3, 0.4) is 0 Å². The van der Waals surface area contributed by atoms with Gasteiger partial charge in [0.15, 0.2) is 0 Å². The largest absolute Gasteiger partial charge is 0.249 e. The van der Waals surface area contributed by atoms with Gasteiger partial charge in [-0.05, 0) is 18.6 Å². The van der Waals surface area contributed by atoms with Gasteiger partial charge in [-0.15, -0.1) is 23.5 Å². The summed E-state index contributed by atoms with van der Waals surface area (Å²) in [6.07, 6.45) is 5.85. The van der Waals surface area contributed by atoms with E-state index in [0.29, 0.717) is 0 Å². The molecule has 0 saturated carbocycles. The minimum absolute atomic E-state index is 0.965. The molecule has 1 nitrogen and oxygen atoms in total. The normalized spacial score (nSPS) is 9.80. The molecule has 0 fully saturated rings. The van der Waals surface area contributed by atoms with Gasteiger partial charge >= 0.3 is 0 Å². The van der Waals surface area contributed by atoms with Crippen LogP contribution in [0.2, 0.25) is 0 Å². The second kappa shape index (κ2) is 3.88. The van der Waals surface area contributed by atoms with Crippen LogP contribution in [0.5, 0.6) is 0 Å². The Bertz CT molecular complexity index is 193. The van der Waals surface area contributed by atoms with Crippen LogP contribution in [-0.4, -0.2) is 17.5 Å². The monoisotopic (exact) mass is 170 g/mol. The van der Waals surface area contributed by atoms with E-state index in [2.05, 4.69) is 11.1 Å². The van der Waals surface area contributed by atoms with Gasteiger partial charge in [-0.3, -0.25) is 0 Å². The number of nitrogens with zero attached hydrogens (tertiary/aromatic N) is 1. The molecular weight excluding hydrogens is 162 g/mol. The highest BCUT2D eigenvalue weighted by Gasteiger charge is 1.93. The molecule has 0 unspecified atom stereocenters. The van der Waals surface area contributed by atoms with Crippen LogP contribution in [-0.2, 0) is 0 Å². The molecule has 0 aliphatic heterocycles. The zero-order chi connectivity index (χ0) is 7.40. The van der Waals surface area contributed by atoms with Crippen molar-refractivity contribution in [3.63, 3.8) is 0 Å². The lowest BCUT2D eigenvalue weighted by Gasteiger charge is -1.95. The Balaban J connectivity index is 2.87. The molecule has 0 amide bonds. The average molecular weight is 170 g/mol. The smallest absolute Gasteiger partial charge is 0.105 e. The summed E-state index contributed by atoms with van der Waals surface area (Å²) in [7, 11) is 0. The van der Waals surface area contributed by atoms with E-state index < -0.39 is 0 Å². The van der Waals surface area contributed by atoms with Gasteiger partial charge < -0.3 is 0 Å². The van der Waals surface area contributed by atoms with Crippen LogP contribution in [0.15, 0.2) is 22.2 Å². The summed E-state index contributed by atoms with van der Waals surface area (Å²) < 4.78 is 0. The van der Waals surface area contributed by atoms with Crippen LogP contribution >= 0.6 is 23.5 Å². The Morgan fingerprint density at radius 1 is 1.40 bits per heavy atom. The molecule has 0 bridgehead atoms. The topological polar surface area (TPSA) is 12.9 Å². The van der Waals surface area contributed by atoms with Crippen molar-refractivity contribution in [3.8, 4) is 0 Å². The molecule has 0 aliphatic rings. The SMILES string of the molecule is CSc1[c]c(SC)ncc1. The molecule has 0 spiro atoms. The number of hydrogen-bond acceptors (Lipinski definition) is 3. The second-order valence-corrected chi connectivity index (χ2v) is 3.29. The van der Waals surface area contributed by atoms with Gasteiger partial charge in [-0.25, -0.2) is 4.98 Å². The van der Waals surface area contributed by atoms with Gasteiger partial charge in [0.05, 0.1) is 0 Å². The van der Waals surface area contributed by atoms with Gasteiger partial charge in [0.1, 0.15) is 5.03 Å². The Kier molecular flexibility index (Phi) is 3.09. The van der Waals surface area contributed by atoms with Gasteiger partial charge in [-0.2, -0.15) is 0 Å². The number of hydrogen-bond donors (Lipinski definition) is 0. The first-order chi connectivity index (χ1) is 4.86. The molecule has 1 heterocycles. The van der Waals surface area contributed by atoms with Crippen molar-refractivity contribution in [2.75, 3.05) is 12.5 Å². The van der Waals surface area contributed by atoms with Crippen molar-refractivity contribution in [2.45, 2.75) is 9.92 Å². The summed E-state index contributed by atoms with van der Waals surface area (Å²) in [5.41, 5.74) is 0. The number of thioether (sulfide) groups is 2. The van der Waals surface area contributed by atoms with Crippen molar-refractivity contribution in [3.05, 3.63) is 18.3 Å². The molecule has 1 aromatic heterocycles. The number of rotatable bonds is 2. The summed E-state index contributed by atoms with van der Waals surface area (Å²) in [6, 6.07) is 5.12. The standard InChI is InChI=1S/C7H8NS2/c1-9-6-3-4-8-7(5-6)10-2/h3-4H,1-2H3. The lowest BCUT2D eigenvalue weighted by molar-refractivity contribution is 1.09. The van der Waals surface area contributed by atoms with E-state index in [4.69, 9.17) is 0 Å². The molecule has 0 atom stereocenters. The summed E-state index contributed by atoms with van der Waals surface area (Å²) in [4.78, 5) is 5.25. The molecule has 0 saturated heterocycles. The molecule has 1 radical (unpaired) electrons. The lowest BCUT2D eigenvalue weighted by atomic mass is 10.5. The summed E-state index contributed by atoms with van der Waals surface area (Å²) >= 11 is 3.31. The third-order valence-electron chi connectivity index (χ3n) is 1.06. The first-order valence-corrected chi connectivity index (χ1v) is 5.28. The fourth-order valence-electron chi connectivity index (χ4n) is 0.575. The first-order valence-electron chi connectivity index (χ1n) is 2.83. The highest BCUT2D eigenvalue weighted by molar-refractivity contribution is 7.99. The Morgan fingerprint density at radius 2 is 2.20 bits per heavy atom. The number of aromatic nitrogens is 1. The summed E-state index contributed by atoms with van der Waals surface area (Å²) in [5.74, 6) is 0. The molecule has 0 N–H and O–H groups in total. The molecule has 3 heteroatoms. The zero-order valence-electron chi connectivity index (χ0n) is 5.92. The van der Waals surface area contributed by atoms with Crippen molar-refractivity contribution < 1.29 is 0 Å². The minimum atomic E-state index is 0.965. The van der Waals surface area contributed by atoms with E-state index in [-0.39, 0.29) is 0 Å². The van der Waals surface area contributed by atoms with E-state index in [9.17, 15) is 0 Å². The third kappa shape index (κ3) is 1.92. The van der Waals surface area contributed by atoms with Crippen molar-refractivity contribution >= 4 is 23.5 Å². The van der Waals surface area contributed by atoms with Crippen molar-refractivity contribution in [2.24, 2.45) is 0 Å². The molecule has 53 valence electrons. The highest BCUT2D eigenvalue weighted by Crippen LogP contribution is 2.17. The Labute approximate surface area is 69.6 Å². The van der Waals surface area contributed by atoms with E-state index >= 15 is 0 Å². The van der Waals surface area contributed by atoms with Crippen LogP contribution in [0.4, 0.5) is 0 Å². The highest BCUT2D eigenvalue weighted by atomic mass is 32.2. The van der Waals surface area contributed by atoms with Crippen molar-refractivity contribution in [1.82, 2.24) is 4.98 Å². The minimum Gasteiger partial charge on any atom is -0.249 e. The van der Waals surface area contributed by atoms with E-state index in [1.807, 2.05) is 24.8 Å². The molecule has 0 aromatic carbocycles. The van der Waals surface area contributed by atoms with Crippen LogP contribution in [0.1, 0.15) is 0 Å². The van der Waals surface area contributed by atoms with E-state index in [0.717, 1.165) is 9.92 Å². The second-order valence-electron chi connectivity index (χ2n) is 1.65. The summed E-state index contributed by atoms with van der Waals surface area (Å²) in [6.45, 7) is 0. The predicted molar refractivity (Wildman–Crippen MR) is 46.6 cm³/mol. The quantitative estimate of drug-likeness (QED) is 0.632. The van der Waals surface area contributed by atoms with E-state index in [1.54, 1.807) is 23.5 Å². The molecule has 1 aromatic rings. The third-order valence-corrected chi connectivity index (χ3v) is 2.33. The molecule has 0 aliphatic carbocycles. The maximum atomic E-state index is 4.10. The maximum Gasteiger partial charge on any atom is 0.105 e. The van der Waals surface area contributed by atoms with Crippen LogP contribution < -0.4 is 0 Å². The Hall–Kier alpha value is -0.150. The van der Waals surface area contributed by atoms with Crippen molar-refractivity contribution in [1.29, 1.82) is 0 Å². The molecule has 10 heavy (non-hydrogen) atoms. The average Bonchev–Trinajstić information content (AvgIpc) is 2.05. The van der Waals surface area contributed by atoms with Gasteiger partial charge in [0.25, 0.3) is 0 Å².